The second-order valence-electron chi connectivity index (χ2n) is 5.57. The van der Waals surface area contributed by atoms with E-state index in [4.69, 9.17) is 5.73 Å². The Morgan fingerprint density at radius 3 is 2.53 bits per heavy atom. The number of unbranched alkanes of at least 4 members (excludes halogenated alkanes) is 1. The Bertz CT molecular complexity index is 373. The molecule has 1 fully saturated rings. The van der Waals surface area contributed by atoms with Gasteiger partial charge in [-0.15, -0.1) is 0 Å². The van der Waals surface area contributed by atoms with Crippen molar-refractivity contribution in [2.45, 2.75) is 51.1 Å². The van der Waals surface area contributed by atoms with E-state index in [9.17, 15) is 0 Å². The minimum absolute atomic E-state index is 0.163. The standard InChI is InChI=1S/C16H25BrN2/c1-2-3-11-19(15-8-9-15)12-10-16(18)13-4-6-14(17)7-5-13/h4-7,15-16H,2-3,8-12,18H2,1H3. The molecule has 3 heteroatoms. The Kier molecular flexibility index (Phi) is 5.86. The van der Waals surface area contributed by atoms with Gasteiger partial charge >= 0.3 is 0 Å². The molecule has 1 aromatic carbocycles. The SMILES string of the molecule is CCCCN(CCC(N)c1ccc(Br)cc1)C1CC1. The fraction of sp³-hybridized carbons (Fsp3) is 0.625. The number of nitrogens with two attached hydrogens (primary N) is 1. The van der Waals surface area contributed by atoms with Gasteiger partial charge in [0.2, 0.25) is 0 Å². The van der Waals surface area contributed by atoms with Gasteiger partial charge in [0, 0.05) is 23.1 Å². The topological polar surface area (TPSA) is 29.3 Å². The van der Waals surface area contributed by atoms with Crippen molar-refractivity contribution in [2.24, 2.45) is 5.73 Å². The number of hydrogen-bond donors (Lipinski definition) is 1. The smallest absolute Gasteiger partial charge is 0.0307 e. The van der Waals surface area contributed by atoms with E-state index in [1.807, 2.05) is 0 Å². The second-order valence-corrected chi connectivity index (χ2v) is 6.48. The molecule has 106 valence electrons. The van der Waals surface area contributed by atoms with Crippen molar-refractivity contribution in [3.63, 3.8) is 0 Å². The number of hydrogen-bond acceptors (Lipinski definition) is 2. The average molecular weight is 325 g/mol. The van der Waals surface area contributed by atoms with Crippen LogP contribution in [-0.2, 0) is 0 Å². The van der Waals surface area contributed by atoms with Crippen LogP contribution in [0.4, 0.5) is 0 Å². The van der Waals surface area contributed by atoms with Gasteiger partial charge in [-0.1, -0.05) is 41.4 Å². The van der Waals surface area contributed by atoms with Crippen molar-refractivity contribution >= 4 is 15.9 Å². The summed E-state index contributed by atoms with van der Waals surface area (Å²) in [4.78, 5) is 2.64. The zero-order chi connectivity index (χ0) is 13.7. The molecule has 1 aliphatic carbocycles. The molecular formula is C16H25BrN2. The van der Waals surface area contributed by atoms with Gasteiger partial charge in [-0.2, -0.15) is 0 Å². The summed E-state index contributed by atoms with van der Waals surface area (Å²) in [6.45, 7) is 4.65. The highest BCUT2D eigenvalue weighted by atomic mass is 79.9. The molecule has 1 saturated carbocycles. The van der Waals surface area contributed by atoms with Gasteiger partial charge in [0.25, 0.3) is 0 Å². The maximum atomic E-state index is 6.30. The lowest BCUT2D eigenvalue weighted by atomic mass is 10.0. The van der Waals surface area contributed by atoms with E-state index in [0.717, 1.165) is 23.5 Å². The molecule has 1 unspecified atom stereocenters. The van der Waals surface area contributed by atoms with Crippen LogP contribution in [0.1, 0.15) is 50.6 Å². The third-order valence-corrected chi connectivity index (χ3v) is 4.42. The molecule has 1 atom stereocenters. The Labute approximate surface area is 125 Å². The van der Waals surface area contributed by atoms with Crippen molar-refractivity contribution in [1.29, 1.82) is 0 Å². The van der Waals surface area contributed by atoms with E-state index < -0.39 is 0 Å². The second kappa shape index (κ2) is 7.41. The quantitative estimate of drug-likeness (QED) is 0.779. The molecule has 0 heterocycles. The third-order valence-electron chi connectivity index (χ3n) is 3.89. The van der Waals surface area contributed by atoms with Crippen LogP contribution in [0.3, 0.4) is 0 Å². The van der Waals surface area contributed by atoms with Crippen molar-refractivity contribution in [2.75, 3.05) is 13.1 Å². The summed E-state index contributed by atoms with van der Waals surface area (Å²) in [6.07, 6.45) is 6.42. The minimum Gasteiger partial charge on any atom is -0.324 e. The van der Waals surface area contributed by atoms with Crippen LogP contribution in [-0.4, -0.2) is 24.0 Å². The zero-order valence-corrected chi connectivity index (χ0v) is 13.4. The summed E-state index contributed by atoms with van der Waals surface area (Å²) in [5, 5.41) is 0. The van der Waals surface area contributed by atoms with Gasteiger partial charge in [0.15, 0.2) is 0 Å². The molecule has 0 amide bonds. The Morgan fingerprint density at radius 1 is 1.26 bits per heavy atom. The van der Waals surface area contributed by atoms with Gasteiger partial charge in [0.1, 0.15) is 0 Å². The highest BCUT2D eigenvalue weighted by Crippen LogP contribution is 2.28. The molecule has 2 nitrogen and oxygen atoms in total. The fourth-order valence-electron chi connectivity index (χ4n) is 2.46. The predicted octanol–water partition coefficient (Wildman–Crippen LogP) is 4.10. The molecule has 2 N–H and O–H groups in total. The molecule has 0 saturated heterocycles. The summed E-state index contributed by atoms with van der Waals surface area (Å²) in [6, 6.07) is 9.42. The predicted molar refractivity (Wildman–Crippen MR) is 85.2 cm³/mol. The first-order chi connectivity index (χ1) is 9.20. The first kappa shape index (κ1) is 15.0. The van der Waals surface area contributed by atoms with Crippen LogP contribution in [0.2, 0.25) is 0 Å². The van der Waals surface area contributed by atoms with E-state index in [2.05, 4.69) is 52.0 Å². The van der Waals surface area contributed by atoms with Gasteiger partial charge < -0.3 is 10.6 Å². The lowest BCUT2D eigenvalue weighted by Crippen LogP contribution is -2.30. The molecule has 0 radical (unpaired) electrons. The molecule has 0 spiro atoms. The molecule has 0 aromatic heterocycles. The van der Waals surface area contributed by atoms with Gasteiger partial charge in [0.05, 0.1) is 0 Å². The summed E-state index contributed by atoms with van der Waals surface area (Å²) < 4.78 is 1.12. The van der Waals surface area contributed by atoms with E-state index in [1.165, 1.54) is 37.8 Å². The first-order valence-electron chi connectivity index (χ1n) is 7.45. The van der Waals surface area contributed by atoms with Crippen LogP contribution in [0, 0.1) is 0 Å². The zero-order valence-electron chi connectivity index (χ0n) is 11.8. The van der Waals surface area contributed by atoms with Crippen LogP contribution < -0.4 is 5.73 Å². The molecular weight excluding hydrogens is 300 g/mol. The highest BCUT2D eigenvalue weighted by molar-refractivity contribution is 9.10. The van der Waals surface area contributed by atoms with Crippen LogP contribution in [0.5, 0.6) is 0 Å². The van der Waals surface area contributed by atoms with Crippen molar-refractivity contribution < 1.29 is 0 Å². The summed E-state index contributed by atoms with van der Waals surface area (Å²) >= 11 is 3.46. The van der Waals surface area contributed by atoms with E-state index in [1.54, 1.807) is 0 Å². The molecule has 0 bridgehead atoms. The van der Waals surface area contributed by atoms with Gasteiger partial charge in [-0.05, 0) is 49.9 Å². The van der Waals surface area contributed by atoms with E-state index in [-0.39, 0.29) is 6.04 Å². The Morgan fingerprint density at radius 2 is 1.95 bits per heavy atom. The first-order valence-corrected chi connectivity index (χ1v) is 8.25. The van der Waals surface area contributed by atoms with Gasteiger partial charge in [-0.3, -0.25) is 0 Å². The normalized spacial score (nSPS) is 16.8. The maximum absolute atomic E-state index is 6.30. The van der Waals surface area contributed by atoms with Gasteiger partial charge in [-0.25, -0.2) is 0 Å². The summed E-state index contributed by atoms with van der Waals surface area (Å²) in [5.74, 6) is 0. The van der Waals surface area contributed by atoms with Crippen LogP contribution in [0.15, 0.2) is 28.7 Å². The van der Waals surface area contributed by atoms with Crippen molar-refractivity contribution in [1.82, 2.24) is 4.90 Å². The minimum atomic E-state index is 0.163. The molecule has 2 rings (SSSR count). The molecule has 1 aromatic rings. The molecule has 0 aliphatic heterocycles. The Hall–Kier alpha value is -0.380. The van der Waals surface area contributed by atoms with Crippen LogP contribution >= 0.6 is 15.9 Å². The fourth-order valence-corrected chi connectivity index (χ4v) is 2.72. The van der Waals surface area contributed by atoms with Crippen molar-refractivity contribution in [3.05, 3.63) is 34.3 Å². The summed E-state index contributed by atoms with van der Waals surface area (Å²) in [7, 11) is 0. The van der Waals surface area contributed by atoms with E-state index in [0.29, 0.717) is 0 Å². The van der Waals surface area contributed by atoms with E-state index >= 15 is 0 Å². The number of rotatable bonds is 8. The average Bonchev–Trinajstić information content (AvgIpc) is 3.24. The number of benzene rings is 1. The van der Waals surface area contributed by atoms with Crippen molar-refractivity contribution in [3.8, 4) is 0 Å². The Balaban J connectivity index is 1.80. The maximum Gasteiger partial charge on any atom is 0.0307 e. The largest absolute Gasteiger partial charge is 0.324 e. The third kappa shape index (κ3) is 4.90. The molecule has 19 heavy (non-hydrogen) atoms. The number of halogens is 1. The van der Waals surface area contributed by atoms with Crippen LogP contribution in [0.25, 0.3) is 0 Å². The summed E-state index contributed by atoms with van der Waals surface area (Å²) in [5.41, 5.74) is 7.55. The number of nitrogens with zero attached hydrogens (tertiary/aromatic N) is 1. The molecule has 1 aliphatic rings. The highest BCUT2D eigenvalue weighted by Gasteiger charge is 2.28. The lowest BCUT2D eigenvalue weighted by molar-refractivity contribution is 0.249. The monoisotopic (exact) mass is 324 g/mol. The lowest BCUT2D eigenvalue weighted by Gasteiger charge is -2.23.